The fourth-order valence-electron chi connectivity index (χ4n) is 2.82. The van der Waals surface area contributed by atoms with Crippen LogP contribution in [0.3, 0.4) is 0 Å². The van der Waals surface area contributed by atoms with Crippen molar-refractivity contribution in [1.82, 2.24) is 10.2 Å². The summed E-state index contributed by atoms with van der Waals surface area (Å²) in [6.45, 7) is 10.4. The highest BCUT2D eigenvalue weighted by Crippen LogP contribution is 2.15. The number of hydrogen-bond acceptors (Lipinski definition) is 3. The van der Waals surface area contributed by atoms with Gasteiger partial charge in [0.25, 0.3) is 0 Å². The Labute approximate surface area is 135 Å². The van der Waals surface area contributed by atoms with Gasteiger partial charge in [-0.25, -0.2) is 0 Å². The first-order valence-corrected chi connectivity index (χ1v) is 8.38. The maximum Gasteiger partial charge on any atom is 0.0914 e. The summed E-state index contributed by atoms with van der Waals surface area (Å²) >= 11 is 0. The van der Waals surface area contributed by atoms with E-state index in [9.17, 15) is 5.11 Å². The van der Waals surface area contributed by atoms with Crippen molar-refractivity contribution < 1.29 is 5.11 Å². The summed E-state index contributed by atoms with van der Waals surface area (Å²) in [7, 11) is 0. The van der Waals surface area contributed by atoms with Gasteiger partial charge in [0, 0.05) is 19.1 Å². The summed E-state index contributed by atoms with van der Waals surface area (Å²) in [4.78, 5) is 2.50. The number of allylic oxidation sites excluding steroid dienone is 1. The number of aliphatic hydroxyl groups is 1. The van der Waals surface area contributed by atoms with Gasteiger partial charge in [-0.05, 0) is 52.3 Å². The number of nitrogens with one attached hydrogen (secondary N) is 1. The molecule has 0 aliphatic carbocycles. The summed E-state index contributed by atoms with van der Waals surface area (Å²) in [6, 6.07) is 8.68. The molecule has 0 aromatic heterocycles. The molecule has 2 rings (SSSR count). The minimum Gasteiger partial charge on any atom is -0.387 e. The van der Waals surface area contributed by atoms with E-state index in [1.54, 1.807) is 0 Å². The number of likely N-dealkylation sites (tertiary alicyclic amines) is 1. The Bertz CT molecular complexity index is 469. The van der Waals surface area contributed by atoms with Gasteiger partial charge in [0.2, 0.25) is 0 Å². The average Bonchev–Trinajstić information content (AvgIpc) is 2.52. The highest BCUT2D eigenvalue weighted by molar-refractivity contribution is 5.23. The van der Waals surface area contributed by atoms with Crippen LogP contribution in [-0.2, 0) is 0 Å². The first-order chi connectivity index (χ1) is 10.5. The third-order valence-electron chi connectivity index (χ3n) is 4.41. The SMILES string of the molecule is CC(C)=CCN1CCC(NCC(O)c2ccc(C)cc2)CC1. The molecule has 0 radical (unpaired) electrons. The van der Waals surface area contributed by atoms with E-state index in [2.05, 4.69) is 49.2 Å². The second-order valence-corrected chi connectivity index (χ2v) is 6.69. The Hall–Kier alpha value is -1.16. The predicted octanol–water partition coefficient (Wildman–Crippen LogP) is 3.05. The molecule has 1 unspecified atom stereocenters. The topological polar surface area (TPSA) is 35.5 Å². The molecule has 122 valence electrons. The van der Waals surface area contributed by atoms with Crippen LogP contribution in [0.5, 0.6) is 0 Å². The average molecular weight is 302 g/mol. The molecular weight excluding hydrogens is 272 g/mol. The van der Waals surface area contributed by atoms with Crippen LogP contribution >= 0.6 is 0 Å². The van der Waals surface area contributed by atoms with Gasteiger partial charge in [0.15, 0.2) is 0 Å². The van der Waals surface area contributed by atoms with Crippen LogP contribution in [0, 0.1) is 6.92 Å². The fraction of sp³-hybridized carbons (Fsp3) is 0.579. The quantitative estimate of drug-likeness (QED) is 0.793. The van der Waals surface area contributed by atoms with Gasteiger partial charge in [-0.2, -0.15) is 0 Å². The molecule has 1 atom stereocenters. The molecule has 1 fully saturated rings. The number of aryl methyl sites for hydroxylation is 1. The molecule has 1 aromatic rings. The van der Waals surface area contributed by atoms with E-state index in [0.29, 0.717) is 12.6 Å². The Morgan fingerprint density at radius 1 is 1.27 bits per heavy atom. The third-order valence-corrected chi connectivity index (χ3v) is 4.41. The van der Waals surface area contributed by atoms with Crippen molar-refractivity contribution in [1.29, 1.82) is 0 Å². The van der Waals surface area contributed by atoms with E-state index in [0.717, 1.165) is 38.0 Å². The molecule has 0 bridgehead atoms. The molecule has 0 spiro atoms. The van der Waals surface area contributed by atoms with Gasteiger partial charge in [0.1, 0.15) is 0 Å². The predicted molar refractivity (Wildman–Crippen MR) is 93.0 cm³/mol. The van der Waals surface area contributed by atoms with Gasteiger partial charge < -0.3 is 10.4 Å². The zero-order valence-corrected chi connectivity index (χ0v) is 14.2. The molecule has 1 saturated heterocycles. The lowest BCUT2D eigenvalue weighted by molar-refractivity contribution is 0.155. The van der Waals surface area contributed by atoms with Crippen LogP contribution in [0.4, 0.5) is 0 Å². The smallest absolute Gasteiger partial charge is 0.0914 e. The maximum absolute atomic E-state index is 10.3. The van der Waals surface area contributed by atoms with Crippen molar-refractivity contribution in [2.45, 2.75) is 45.8 Å². The molecule has 1 aliphatic rings. The van der Waals surface area contributed by atoms with Gasteiger partial charge in [-0.3, -0.25) is 4.90 Å². The highest BCUT2D eigenvalue weighted by atomic mass is 16.3. The van der Waals surface area contributed by atoms with E-state index in [1.165, 1.54) is 11.1 Å². The number of nitrogens with zero attached hydrogens (tertiary/aromatic N) is 1. The monoisotopic (exact) mass is 302 g/mol. The summed E-state index contributed by atoms with van der Waals surface area (Å²) < 4.78 is 0. The van der Waals surface area contributed by atoms with Crippen molar-refractivity contribution in [2.24, 2.45) is 0 Å². The lowest BCUT2D eigenvalue weighted by Crippen LogP contribution is -2.43. The number of rotatable bonds is 6. The largest absolute Gasteiger partial charge is 0.387 e. The molecule has 2 N–H and O–H groups in total. The first-order valence-electron chi connectivity index (χ1n) is 8.38. The van der Waals surface area contributed by atoms with Crippen molar-refractivity contribution in [3.05, 3.63) is 47.0 Å². The lowest BCUT2D eigenvalue weighted by Gasteiger charge is -2.32. The number of aliphatic hydroxyl groups excluding tert-OH is 1. The fourth-order valence-corrected chi connectivity index (χ4v) is 2.82. The highest BCUT2D eigenvalue weighted by Gasteiger charge is 2.19. The second-order valence-electron chi connectivity index (χ2n) is 6.69. The zero-order chi connectivity index (χ0) is 15.9. The summed E-state index contributed by atoms with van der Waals surface area (Å²) in [6.07, 6.45) is 4.22. The van der Waals surface area contributed by atoms with Gasteiger partial charge in [-0.1, -0.05) is 41.5 Å². The summed E-state index contributed by atoms with van der Waals surface area (Å²) in [5.74, 6) is 0. The van der Waals surface area contributed by atoms with Gasteiger partial charge in [-0.15, -0.1) is 0 Å². The van der Waals surface area contributed by atoms with Gasteiger partial charge >= 0.3 is 0 Å². The summed E-state index contributed by atoms with van der Waals surface area (Å²) in [5, 5.41) is 13.8. The van der Waals surface area contributed by atoms with Crippen LogP contribution in [0.1, 0.15) is 43.9 Å². The van der Waals surface area contributed by atoms with E-state index in [1.807, 2.05) is 12.1 Å². The maximum atomic E-state index is 10.3. The number of piperidine rings is 1. The molecule has 0 saturated carbocycles. The standard InChI is InChI=1S/C19H30N2O/c1-15(2)8-11-21-12-9-18(10-13-21)20-14-19(22)17-6-4-16(3)5-7-17/h4-8,18-20,22H,9-14H2,1-3H3. The third kappa shape index (κ3) is 5.56. The minimum atomic E-state index is -0.413. The Morgan fingerprint density at radius 2 is 1.91 bits per heavy atom. The molecular formula is C19H30N2O. The van der Waals surface area contributed by atoms with E-state index >= 15 is 0 Å². The Kier molecular flexibility index (Phi) is 6.62. The molecule has 1 heterocycles. The number of benzene rings is 1. The zero-order valence-electron chi connectivity index (χ0n) is 14.2. The Morgan fingerprint density at radius 3 is 2.50 bits per heavy atom. The Balaban J connectivity index is 1.70. The van der Waals surface area contributed by atoms with Gasteiger partial charge in [0.05, 0.1) is 6.10 Å². The van der Waals surface area contributed by atoms with Crippen molar-refractivity contribution in [3.63, 3.8) is 0 Å². The van der Waals surface area contributed by atoms with E-state index in [-0.39, 0.29) is 0 Å². The van der Waals surface area contributed by atoms with Crippen LogP contribution in [0.2, 0.25) is 0 Å². The van der Waals surface area contributed by atoms with Crippen LogP contribution in [0.15, 0.2) is 35.9 Å². The van der Waals surface area contributed by atoms with Crippen molar-refractivity contribution in [3.8, 4) is 0 Å². The van der Waals surface area contributed by atoms with E-state index in [4.69, 9.17) is 0 Å². The summed E-state index contributed by atoms with van der Waals surface area (Å²) in [5.41, 5.74) is 3.62. The molecule has 1 aromatic carbocycles. The van der Waals surface area contributed by atoms with Crippen molar-refractivity contribution >= 4 is 0 Å². The second kappa shape index (κ2) is 8.47. The van der Waals surface area contributed by atoms with Crippen LogP contribution in [0.25, 0.3) is 0 Å². The molecule has 22 heavy (non-hydrogen) atoms. The first kappa shape index (κ1) is 17.2. The van der Waals surface area contributed by atoms with Crippen LogP contribution in [-0.4, -0.2) is 42.2 Å². The van der Waals surface area contributed by atoms with Crippen molar-refractivity contribution in [2.75, 3.05) is 26.2 Å². The molecule has 3 nitrogen and oxygen atoms in total. The molecule has 0 amide bonds. The van der Waals surface area contributed by atoms with E-state index < -0.39 is 6.10 Å². The number of hydrogen-bond donors (Lipinski definition) is 2. The molecule has 3 heteroatoms. The van der Waals surface area contributed by atoms with Crippen LogP contribution < -0.4 is 5.32 Å². The minimum absolute atomic E-state index is 0.413. The lowest BCUT2D eigenvalue weighted by atomic mass is 10.0. The molecule has 1 aliphatic heterocycles. The normalized spacial score (nSPS) is 18.2.